The molecule has 0 saturated carbocycles. The van der Waals surface area contributed by atoms with E-state index in [1.54, 1.807) is 24.3 Å². The Kier molecular flexibility index (Phi) is 3.89. The molecule has 0 amide bonds. The second-order valence-corrected chi connectivity index (χ2v) is 6.29. The maximum Gasteiger partial charge on any atom is 0.245 e. The summed E-state index contributed by atoms with van der Waals surface area (Å²) in [6.45, 7) is 4.84. The number of benzene rings is 1. The van der Waals surface area contributed by atoms with Crippen LogP contribution in [0, 0.1) is 0 Å². The van der Waals surface area contributed by atoms with Crippen molar-refractivity contribution in [2.45, 2.75) is 24.8 Å². The third-order valence-corrected chi connectivity index (χ3v) is 4.39. The fourth-order valence-electron chi connectivity index (χ4n) is 1.70. The van der Waals surface area contributed by atoms with E-state index in [9.17, 15) is 8.42 Å². The van der Waals surface area contributed by atoms with Crippen molar-refractivity contribution in [3.63, 3.8) is 0 Å². The van der Waals surface area contributed by atoms with Crippen LogP contribution in [-0.2, 0) is 14.8 Å². The van der Waals surface area contributed by atoms with Crippen LogP contribution in [0.5, 0.6) is 5.75 Å². The highest BCUT2D eigenvalue weighted by molar-refractivity contribution is 7.89. The number of rotatable bonds is 4. The van der Waals surface area contributed by atoms with E-state index in [4.69, 9.17) is 9.47 Å². The predicted octanol–water partition coefficient (Wildman–Crippen LogP) is 1.45. The summed E-state index contributed by atoms with van der Waals surface area (Å²) in [4.78, 5) is 0.268. The van der Waals surface area contributed by atoms with Crippen molar-refractivity contribution in [2.75, 3.05) is 19.9 Å². The van der Waals surface area contributed by atoms with Crippen LogP contribution in [0.25, 0.3) is 0 Å². The summed E-state index contributed by atoms with van der Waals surface area (Å²) in [6.07, 6.45) is 0.0689. The van der Waals surface area contributed by atoms with E-state index in [1.165, 1.54) is 4.31 Å². The number of hydrogen-bond acceptors (Lipinski definition) is 4. The molecule has 1 saturated heterocycles. The van der Waals surface area contributed by atoms with Gasteiger partial charge in [0.05, 0.1) is 17.6 Å². The van der Waals surface area contributed by atoms with Crippen molar-refractivity contribution in [3.8, 4) is 5.75 Å². The van der Waals surface area contributed by atoms with Crippen LogP contribution in [0.15, 0.2) is 29.2 Å². The average molecular weight is 271 g/mol. The quantitative estimate of drug-likeness (QED) is 0.831. The smallest absolute Gasteiger partial charge is 0.245 e. The first-order valence-corrected chi connectivity index (χ1v) is 7.29. The molecule has 1 aliphatic rings. The molecule has 0 unspecified atom stereocenters. The zero-order valence-corrected chi connectivity index (χ0v) is 11.3. The number of hydrogen-bond donors (Lipinski definition) is 0. The third kappa shape index (κ3) is 2.82. The fourth-order valence-corrected chi connectivity index (χ4v) is 3.00. The zero-order chi connectivity index (χ0) is 13.2. The Morgan fingerprint density at radius 1 is 1.28 bits per heavy atom. The Hall–Kier alpha value is -1.11. The van der Waals surface area contributed by atoms with Gasteiger partial charge >= 0.3 is 0 Å². The summed E-state index contributed by atoms with van der Waals surface area (Å²) in [6, 6.07) is 6.46. The Bertz CT molecular complexity index is 489. The van der Waals surface area contributed by atoms with E-state index in [1.807, 2.05) is 13.8 Å². The van der Waals surface area contributed by atoms with Crippen molar-refractivity contribution in [2.24, 2.45) is 0 Å². The molecule has 0 N–H and O–H groups in total. The molecule has 18 heavy (non-hydrogen) atoms. The molecule has 0 aromatic heterocycles. The molecule has 0 aliphatic carbocycles. The van der Waals surface area contributed by atoms with Crippen LogP contribution < -0.4 is 4.74 Å². The number of nitrogens with zero attached hydrogens (tertiary/aromatic N) is 1. The molecule has 1 heterocycles. The Labute approximate surface area is 107 Å². The topological polar surface area (TPSA) is 55.8 Å². The van der Waals surface area contributed by atoms with Gasteiger partial charge in [-0.2, -0.15) is 4.31 Å². The zero-order valence-electron chi connectivity index (χ0n) is 10.5. The molecule has 6 heteroatoms. The molecule has 1 aromatic rings. The fraction of sp³-hybridized carbons (Fsp3) is 0.500. The van der Waals surface area contributed by atoms with Gasteiger partial charge in [-0.1, -0.05) is 0 Å². The monoisotopic (exact) mass is 271 g/mol. The van der Waals surface area contributed by atoms with E-state index in [2.05, 4.69) is 0 Å². The van der Waals surface area contributed by atoms with Gasteiger partial charge in [0.25, 0.3) is 0 Å². The second-order valence-electron chi connectivity index (χ2n) is 4.36. The average Bonchev–Trinajstić information content (AvgIpc) is 2.83. The molecule has 5 nitrogen and oxygen atoms in total. The highest BCUT2D eigenvalue weighted by Crippen LogP contribution is 2.21. The van der Waals surface area contributed by atoms with Crippen molar-refractivity contribution >= 4 is 10.0 Å². The first kappa shape index (κ1) is 13.3. The summed E-state index contributed by atoms with van der Waals surface area (Å²) in [7, 11) is -3.43. The van der Waals surface area contributed by atoms with Crippen LogP contribution in [0.3, 0.4) is 0 Å². The minimum Gasteiger partial charge on any atom is -0.491 e. The van der Waals surface area contributed by atoms with Crippen LogP contribution in [-0.4, -0.2) is 38.7 Å². The normalized spacial score (nSPS) is 17.3. The summed E-state index contributed by atoms with van der Waals surface area (Å²) < 4.78 is 36.2. The molecule has 2 rings (SSSR count). The third-order valence-electron chi connectivity index (χ3n) is 2.55. The van der Waals surface area contributed by atoms with Crippen molar-refractivity contribution in [3.05, 3.63) is 24.3 Å². The lowest BCUT2D eigenvalue weighted by molar-refractivity contribution is 0.172. The maximum absolute atomic E-state index is 12.2. The van der Waals surface area contributed by atoms with Gasteiger partial charge in [0.15, 0.2) is 0 Å². The summed E-state index contributed by atoms with van der Waals surface area (Å²) in [5.74, 6) is 0.668. The highest BCUT2D eigenvalue weighted by atomic mass is 32.2. The summed E-state index contributed by atoms with van der Waals surface area (Å²) >= 11 is 0. The van der Waals surface area contributed by atoms with Gasteiger partial charge in [-0.15, -0.1) is 0 Å². The highest BCUT2D eigenvalue weighted by Gasteiger charge is 2.27. The molecule has 1 fully saturated rings. The lowest BCUT2D eigenvalue weighted by Crippen LogP contribution is -2.28. The van der Waals surface area contributed by atoms with E-state index in [0.717, 1.165) is 0 Å². The Morgan fingerprint density at radius 2 is 1.94 bits per heavy atom. The lowest BCUT2D eigenvalue weighted by Gasteiger charge is -2.14. The molecule has 1 aliphatic heterocycles. The van der Waals surface area contributed by atoms with Crippen molar-refractivity contribution < 1.29 is 17.9 Å². The Balaban J connectivity index is 2.18. The Morgan fingerprint density at radius 3 is 2.44 bits per heavy atom. The van der Waals surface area contributed by atoms with Gasteiger partial charge < -0.3 is 9.47 Å². The predicted molar refractivity (Wildman–Crippen MR) is 66.9 cm³/mol. The summed E-state index contributed by atoms with van der Waals surface area (Å²) in [5.41, 5.74) is 0. The van der Waals surface area contributed by atoms with Crippen LogP contribution in [0.1, 0.15) is 13.8 Å². The van der Waals surface area contributed by atoms with Gasteiger partial charge in [0.1, 0.15) is 12.5 Å². The largest absolute Gasteiger partial charge is 0.491 e. The van der Waals surface area contributed by atoms with Crippen LogP contribution >= 0.6 is 0 Å². The van der Waals surface area contributed by atoms with Gasteiger partial charge in [0.2, 0.25) is 10.0 Å². The molecule has 0 spiro atoms. The van der Waals surface area contributed by atoms with E-state index >= 15 is 0 Å². The second kappa shape index (κ2) is 5.26. The van der Waals surface area contributed by atoms with E-state index < -0.39 is 10.0 Å². The SMILES string of the molecule is CC(C)Oc1ccc(S(=O)(=O)N2CCOC2)cc1. The lowest BCUT2D eigenvalue weighted by atomic mass is 10.3. The molecule has 0 atom stereocenters. The molecular formula is C12H17NO4S. The van der Waals surface area contributed by atoms with Gasteiger partial charge in [-0.05, 0) is 38.1 Å². The molecule has 100 valence electrons. The van der Waals surface area contributed by atoms with E-state index in [-0.39, 0.29) is 17.7 Å². The number of sulfonamides is 1. The van der Waals surface area contributed by atoms with E-state index in [0.29, 0.717) is 18.9 Å². The molecule has 0 radical (unpaired) electrons. The molecule has 1 aromatic carbocycles. The minimum atomic E-state index is -3.43. The first-order valence-electron chi connectivity index (χ1n) is 5.85. The molecule has 0 bridgehead atoms. The maximum atomic E-state index is 12.2. The van der Waals surface area contributed by atoms with Gasteiger partial charge in [-0.25, -0.2) is 8.42 Å². The minimum absolute atomic E-state index is 0.0689. The first-order chi connectivity index (χ1) is 8.50. The number of ether oxygens (including phenoxy) is 2. The standard InChI is InChI=1S/C12H17NO4S/c1-10(2)17-11-3-5-12(6-4-11)18(14,15)13-7-8-16-9-13/h3-6,10H,7-9H2,1-2H3. The van der Waals surface area contributed by atoms with Crippen molar-refractivity contribution in [1.29, 1.82) is 0 Å². The van der Waals surface area contributed by atoms with Crippen LogP contribution in [0.2, 0.25) is 0 Å². The molecular weight excluding hydrogens is 254 g/mol. The van der Waals surface area contributed by atoms with Gasteiger partial charge in [0, 0.05) is 6.54 Å². The van der Waals surface area contributed by atoms with Crippen LogP contribution in [0.4, 0.5) is 0 Å². The van der Waals surface area contributed by atoms with Crippen molar-refractivity contribution in [1.82, 2.24) is 4.31 Å². The summed E-state index contributed by atoms with van der Waals surface area (Å²) in [5, 5.41) is 0. The van der Waals surface area contributed by atoms with Gasteiger partial charge in [-0.3, -0.25) is 0 Å².